The molecular formula is C19H19N3O3. The summed E-state index contributed by atoms with van der Waals surface area (Å²) in [6, 6.07) is 8.80. The topological polar surface area (TPSA) is 68.3 Å². The number of carbonyl (C=O) groups excluding carboxylic acids is 1. The van der Waals surface area contributed by atoms with Crippen LogP contribution in [0.25, 0.3) is 11.0 Å². The highest BCUT2D eigenvalue weighted by Gasteiger charge is 2.31. The van der Waals surface area contributed by atoms with Crippen LogP contribution in [-0.4, -0.2) is 27.1 Å². The predicted molar refractivity (Wildman–Crippen MR) is 93.3 cm³/mol. The molecule has 1 amide bonds. The van der Waals surface area contributed by atoms with Gasteiger partial charge in [-0.1, -0.05) is 18.2 Å². The Morgan fingerprint density at radius 3 is 2.92 bits per heavy atom. The number of aromatic nitrogens is 2. The highest BCUT2D eigenvalue weighted by atomic mass is 16.4. The van der Waals surface area contributed by atoms with Gasteiger partial charge in [0.2, 0.25) is 0 Å². The lowest BCUT2D eigenvalue weighted by molar-refractivity contribution is 0.0607. The summed E-state index contributed by atoms with van der Waals surface area (Å²) in [6.45, 7) is 0.630. The third-order valence-corrected chi connectivity index (χ3v) is 4.75. The number of benzene rings is 1. The number of fused-ring (bicyclic) bond motifs is 1. The number of piperidine rings is 1. The minimum absolute atomic E-state index is 0.0548. The van der Waals surface area contributed by atoms with E-state index < -0.39 is 5.63 Å². The first-order valence-corrected chi connectivity index (χ1v) is 8.46. The number of hydrogen-bond donors (Lipinski definition) is 0. The Balaban J connectivity index is 1.73. The van der Waals surface area contributed by atoms with Gasteiger partial charge in [-0.15, -0.1) is 0 Å². The fourth-order valence-electron chi connectivity index (χ4n) is 3.50. The summed E-state index contributed by atoms with van der Waals surface area (Å²) in [5.41, 5.74) is 1.00. The molecule has 128 valence electrons. The summed E-state index contributed by atoms with van der Waals surface area (Å²) in [5, 5.41) is 4.97. The number of rotatable bonds is 2. The van der Waals surface area contributed by atoms with Gasteiger partial charge in [-0.25, -0.2) is 4.79 Å². The average molecular weight is 337 g/mol. The molecular weight excluding hydrogens is 318 g/mol. The predicted octanol–water partition coefficient (Wildman–Crippen LogP) is 2.89. The van der Waals surface area contributed by atoms with Crippen molar-refractivity contribution in [3.63, 3.8) is 0 Å². The lowest BCUT2D eigenvalue weighted by Crippen LogP contribution is -2.40. The maximum Gasteiger partial charge on any atom is 0.349 e. The van der Waals surface area contributed by atoms with E-state index in [0.717, 1.165) is 30.2 Å². The second kappa shape index (κ2) is 6.20. The van der Waals surface area contributed by atoms with Gasteiger partial charge in [0.15, 0.2) is 0 Å². The minimum atomic E-state index is -0.584. The molecule has 0 aliphatic carbocycles. The van der Waals surface area contributed by atoms with E-state index in [1.54, 1.807) is 34.0 Å². The smallest absolute Gasteiger partial charge is 0.349 e. The van der Waals surface area contributed by atoms with E-state index in [0.29, 0.717) is 12.1 Å². The lowest BCUT2D eigenvalue weighted by atomic mass is 9.96. The zero-order chi connectivity index (χ0) is 17.4. The van der Waals surface area contributed by atoms with Crippen molar-refractivity contribution in [3.8, 4) is 0 Å². The van der Waals surface area contributed by atoms with Crippen molar-refractivity contribution < 1.29 is 9.21 Å². The standard InChI is InChI=1S/C19H19N3O3/c1-21-12-14(11-20-21)16-7-4-5-9-22(16)18(23)15-10-13-6-2-3-8-17(13)25-19(15)24/h2-3,6,8,10-12,16H,4-5,7,9H2,1H3/t16-/m0/s1. The quantitative estimate of drug-likeness (QED) is 0.674. The van der Waals surface area contributed by atoms with Gasteiger partial charge in [-0.2, -0.15) is 5.10 Å². The molecule has 1 aliphatic heterocycles. The third kappa shape index (κ3) is 2.84. The minimum Gasteiger partial charge on any atom is -0.422 e. The van der Waals surface area contributed by atoms with Crippen LogP contribution >= 0.6 is 0 Å². The van der Waals surface area contributed by atoms with E-state index in [4.69, 9.17) is 4.42 Å². The highest BCUT2D eigenvalue weighted by molar-refractivity contribution is 5.96. The maximum absolute atomic E-state index is 13.1. The van der Waals surface area contributed by atoms with Gasteiger partial charge in [0, 0.05) is 30.7 Å². The molecule has 25 heavy (non-hydrogen) atoms. The first-order chi connectivity index (χ1) is 12.1. The molecule has 0 bridgehead atoms. The summed E-state index contributed by atoms with van der Waals surface area (Å²) < 4.78 is 7.06. The number of carbonyl (C=O) groups is 1. The van der Waals surface area contributed by atoms with Crippen LogP contribution < -0.4 is 5.63 Å². The molecule has 1 aromatic carbocycles. The van der Waals surface area contributed by atoms with E-state index >= 15 is 0 Å². The van der Waals surface area contributed by atoms with Crippen molar-refractivity contribution in [1.82, 2.24) is 14.7 Å². The molecule has 6 heteroatoms. The van der Waals surface area contributed by atoms with Crippen LogP contribution in [-0.2, 0) is 7.05 Å². The molecule has 2 aromatic heterocycles. The van der Waals surface area contributed by atoms with Crippen LogP contribution in [0.3, 0.4) is 0 Å². The van der Waals surface area contributed by atoms with Crippen LogP contribution in [0.2, 0.25) is 0 Å². The summed E-state index contributed by atoms with van der Waals surface area (Å²) in [5.74, 6) is -0.270. The molecule has 3 aromatic rings. The van der Waals surface area contributed by atoms with E-state index in [1.807, 2.05) is 25.4 Å². The molecule has 0 saturated carbocycles. The van der Waals surface area contributed by atoms with Gasteiger partial charge >= 0.3 is 5.63 Å². The molecule has 0 spiro atoms. The molecule has 0 radical (unpaired) electrons. The van der Waals surface area contributed by atoms with Gasteiger partial charge in [-0.05, 0) is 31.4 Å². The zero-order valence-electron chi connectivity index (χ0n) is 14.0. The summed E-state index contributed by atoms with van der Waals surface area (Å²) in [4.78, 5) is 27.2. The molecule has 0 N–H and O–H groups in total. The Hall–Kier alpha value is -2.89. The summed E-state index contributed by atoms with van der Waals surface area (Å²) in [6.07, 6.45) is 6.58. The van der Waals surface area contributed by atoms with E-state index in [-0.39, 0.29) is 17.5 Å². The van der Waals surface area contributed by atoms with Crippen molar-refractivity contribution >= 4 is 16.9 Å². The zero-order valence-corrected chi connectivity index (χ0v) is 14.0. The van der Waals surface area contributed by atoms with Gasteiger partial charge in [-0.3, -0.25) is 9.48 Å². The van der Waals surface area contributed by atoms with Gasteiger partial charge in [0.25, 0.3) is 5.91 Å². The molecule has 1 saturated heterocycles. The van der Waals surface area contributed by atoms with Crippen LogP contribution in [0.1, 0.15) is 41.2 Å². The second-order valence-electron chi connectivity index (χ2n) is 6.44. The molecule has 1 aliphatic rings. The largest absolute Gasteiger partial charge is 0.422 e. The molecule has 0 unspecified atom stereocenters. The first-order valence-electron chi connectivity index (χ1n) is 8.46. The van der Waals surface area contributed by atoms with Gasteiger partial charge < -0.3 is 9.32 Å². The van der Waals surface area contributed by atoms with Crippen molar-refractivity contribution in [2.75, 3.05) is 6.54 Å². The highest BCUT2D eigenvalue weighted by Crippen LogP contribution is 2.31. The normalized spacial score (nSPS) is 17.8. The van der Waals surface area contributed by atoms with Crippen LogP contribution in [0, 0.1) is 0 Å². The Bertz CT molecular complexity index is 989. The third-order valence-electron chi connectivity index (χ3n) is 4.75. The molecule has 6 nitrogen and oxygen atoms in total. The van der Waals surface area contributed by atoms with Crippen LogP contribution in [0.4, 0.5) is 0 Å². The molecule has 3 heterocycles. The Morgan fingerprint density at radius 2 is 2.12 bits per heavy atom. The summed E-state index contributed by atoms with van der Waals surface area (Å²) >= 11 is 0. The van der Waals surface area contributed by atoms with Crippen LogP contribution in [0.15, 0.2) is 51.9 Å². The fourth-order valence-corrected chi connectivity index (χ4v) is 3.50. The second-order valence-corrected chi connectivity index (χ2v) is 6.44. The number of nitrogens with zero attached hydrogens (tertiary/aromatic N) is 3. The number of likely N-dealkylation sites (tertiary alicyclic amines) is 1. The maximum atomic E-state index is 13.1. The van der Waals surface area contributed by atoms with Crippen molar-refractivity contribution in [2.45, 2.75) is 25.3 Å². The van der Waals surface area contributed by atoms with Gasteiger partial charge in [0.1, 0.15) is 11.1 Å². The van der Waals surface area contributed by atoms with Crippen molar-refractivity contribution in [2.24, 2.45) is 7.05 Å². The average Bonchev–Trinajstić information content (AvgIpc) is 3.07. The summed E-state index contributed by atoms with van der Waals surface area (Å²) in [7, 11) is 1.86. The Labute approximate surface area is 144 Å². The Morgan fingerprint density at radius 1 is 1.28 bits per heavy atom. The van der Waals surface area contributed by atoms with E-state index in [1.165, 1.54) is 0 Å². The number of amides is 1. The molecule has 1 atom stereocenters. The Kier molecular flexibility index (Phi) is 3.87. The van der Waals surface area contributed by atoms with Gasteiger partial charge in [0.05, 0.1) is 12.2 Å². The molecule has 4 rings (SSSR count). The van der Waals surface area contributed by atoms with E-state index in [9.17, 15) is 9.59 Å². The van der Waals surface area contributed by atoms with E-state index in [2.05, 4.69) is 5.10 Å². The lowest BCUT2D eigenvalue weighted by Gasteiger charge is -2.35. The number of hydrogen-bond acceptors (Lipinski definition) is 4. The first kappa shape index (κ1) is 15.6. The number of para-hydroxylation sites is 1. The molecule has 1 fully saturated rings. The SMILES string of the molecule is Cn1cc([C@@H]2CCCCN2C(=O)c2cc3ccccc3oc2=O)cn1. The van der Waals surface area contributed by atoms with Crippen molar-refractivity contribution in [3.05, 3.63) is 64.3 Å². The number of aryl methyl sites for hydroxylation is 1. The monoisotopic (exact) mass is 337 g/mol. The van der Waals surface area contributed by atoms with Crippen LogP contribution in [0.5, 0.6) is 0 Å². The van der Waals surface area contributed by atoms with Crippen molar-refractivity contribution in [1.29, 1.82) is 0 Å². The fraction of sp³-hybridized carbons (Fsp3) is 0.316.